The average molecular weight is 423 g/mol. The van der Waals surface area contributed by atoms with Crippen LogP contribution in [0, 0.1) is 19.8 Å². The average Bonchev–Trinajstić information content (AvgIpc) is 3.05. The van der Waals surface area contributed by atoms with E-state index < -0.39 is 0 Å². The minimum absolute atomic E-state index is 0.0163. The van der Waals surface area contributed by atoms with Crippen LogP contribution in [0.15, 0.2) is 42.5 Å². The molecule has 1 saturated heterocycles. The van der Waals surface area contributed by atoms with E-state index in [4.69, 9.17) is 0 Å². The van der Waals surface area contributed by atoms with Crippen LogP contribution >= 0.6 is 11.3 Å². The number of fused-ring (bicyclic) bond motifs is 1. The fourth-order valence-electron chi connectivity index (χ4n) is 3.87. The quantitative estimate of drug-likeness (QED) is 0.646. The summed E-state index contributed by atoms with van der Waals surface area (Å²) in [6, 6.07) is 14.0. The maximum absolute atomic E-state index is 12.9. The van der Waals surface area contributed by atoms with Gasteiger partial charge in [0.1, 0.15) is 0 Å². The molecule has 0 bridgehead atoms. The number of amides is 2. The van der Waals surface area contributed by atoms with Gasteiger partial charge in [-0.2, -0.15) is 0 Å². The number of anilines is 2. The Labute approximate surface area is 180 Å². The molecule has 1 aromatic heterocycles. The van der Waals surface area contributed by atoms with E-state index in [2.05, 4.69) is 20.5 Å². The number of carbonyl (C=O) groups is 2. The van der Waals surface area contributed by atoms with E-state index in [9.17, 15) is 9.59 Å². The molecule has 2 aromatic carbocycles. The Kier molecular flexibility index (Phi) is 6.11. The van der Waals surface area contributed by atoms with Gasteiger partial charge in [-0.15, -0.1) is 11.3 Å². The Bertz CT molecular complexity index is 1050. The minimum atomic E-state index is -0.130. The van der Waals surface area contributed by atoms with Crippen LogP contribution in [0.1, 0.15) is 23.4 Å². The maximum atomic E-state index is 12.9. The molecule has 3 aromatic rings. The van der Waals surface area contributed by atoms with Gasteiger partial charge in [0.2, 0.25) is 11.8 Å². The zero-order valence-electron chi connectivity index (χ0n) is 17.3. The Hall–Kier alpha value is -2.77. The van der Waals surface area contributed by atoms with Gasteiger partial charge in [0.15, 0.2) is 5.13 Å². The van der Waals surface area contributed by atoms with E-state index in [0.717, 1.165) is 46.4 Å². The molecule has 1 aliphatic rings. The summed E-state index contributed by atoms with van der Waals surface area (Å²) in [4.78, 5) is 32.9. The number of piperidine rings is 1. The smallest absolute Gasteiger partial charge is 0.240 e. The topological polar surface area (TPSA) is 74.3 Å². The zero-order valence-corrected chi connectivity index (χ0v) is 18.1. The van der Waals surface area contributed by atoms with Crippen molar-refractivity contribution in [1.82, 2.24) is 9.88 Å². The Morgan fingerprint density at radius 3 is 2.73 bits per heavy atom. The summed E-state index contributed by atoms with van der Waals surface area (Å²) in [7, 11) is 0. The van der Waals surface area contributed by atoms with Gasteiger partial charge in [-0.3, -0.25) is 14.5 Å². The molecule has 1 atom stereocenters. The lowest BCUT2D eigenvalue weighted by molar-refractivity contribution is -0.123. The summed E-state index contributed by atoms with van der Waals surface area (Å²) in [5, 5.41) is 8.76. The van der Waals surface area contributed by atoms with Gasteiger partial charge in [0.05, 0.1) is 18.2 Å². The van der Waals surface area contributed by atoms with Gasteiger partial charge in [-0.1, -0.05) is 36.4 Å². The monoisotopic (exact) mass is 422 g/mol. The number of benzene rings is 2. The van der Waals surface area contributed by atoms with Gasteiger partial charge in [0.25, 0.3) is 0 Å². The van der Waals surface area contributed by atoms with Crippen molar-refractivity contribution < 1.29 is 9.59 Å². The van der Waals surface area contributed by atoms with Crippen molar-refractivity contribution in [2.75, 3.05) is 30.3 Å². The fraction of sp³-hybridized carbons (Fsp3) is 0.348. The molecule has 7 heteroatoms. The number of hydrogen-bond acceptors (Lipinski definition) is 5. The van der Waals surface area contributed by atoms with Crippen molar-refractivity contribution in [3.8, 4) is 0 Å². The second-order valence-electron chi connectivity index (χ2n) is 7.80. The lowest BCUT2D eigenvalue weighted by atomic mass is 9.96. The van der Waals surface area contributed by atoms with Crippen LogP contribution in [-0.4, -0.2) is 41.3 Å². The molecule has 4 rings (SSSR count). The van der Waals surface area contributed by atoms with Crippen LogP contribution in [-0.2, 0) is 9.59 Å². The predicted octanol–water partition coefficient (Wildman–Crippen LogP) is 4.20. The van der Waals surface area contributed by atoms with Crippen molar-refractivity contribution in [2.45, 2.75) is 26.7 Å². The van der Waals surface area contributed by atoms with Gasteiger partial charge >= 0.3 is 0 Å². The highest BCUT2D eigenvalue weighted by Crippen LogP contribution is 2.25. The number of thiazole rings is 1. The van der Waals surface area contributed by atoms with Crippen LogP contribution < -0.4 is 10.6 Å². The second-order valence-corrected chi connectivity index (χ2v) is 9.00. The summed E-state index contributed by atoms with van der Waals surface area (Å²) >= 11 is 1.49. The number of nitrogens with one attached hydrogen (secondary N) is 2. The van der Waals surface area contributed by atoms with Crippen LogP contribution in [0.4, 0.5) is 10.8 Å². The normalized spacial score (nSPS) is 17.1. The van der Waals surface area contributed by atoms with Crippen LogP contribution in [0.3, 0.4) is 0 Å². The first-order valence-corrected chi connectivity index (χ1v) is 11.1. The highest BCUT2D eigenvalue weighted by molar-refractivity contribution is 7.15. The predicted molar refractivity (Wildman–Crippen MR) is 122 cm³/mol. The molecule has 2 N–H and O–H groups in total. The van der Waals surface area contributed by atoms with Crippen LogP contribution in [0.25, 0.3) is 10.8 Å². The maximum Gasteiger partial charge on any atom is 0.240 e. The van der Waals surface area contributed by atoms with Gasteiger partial charge in [-0.25, -0.2) is 4.98 Å². The summed E-state index contributed by atoms with van der Waals surface area (Å²) in [6.07, 6.45) is 1.73. The lowest BCUT2D eigenvalue weighted by Crippen LogP contribution is -2.44. The number of carbonyl (C=O) groups excluding carboxylic acids is 2. The Balaban J connectivity index is 1.36. The molecule has 1 fully saturated rings. The number of rotatable bonds is 5. The lowest BCUT2D eigenvalue weighted by Gasteiger charge is -2.31. The molecule has 1 aliphatic heterocycles. The molecule has 2 amide bonds. The van der Waals surface area contributed by atoms with E-state index in [1.807, 2.05) is 56.3 Å². The van der Waals surface area contributed by atoms with Crippen molar-refractivity contribution in [1.29, 1.82) is 0 Å². The summed E-state index contributed by atoms with van der Waals surface area (Å²) in [6.45, 7) is 5.61. The molecule has 0 saturated carbocycles. The van der Waals surface area contributed by atoms with E-state index in [-0.39, 0.29) is 24.3 Å². The van der Waals surface area contributed by atoms with Crippen molar-refractivity contribution in [2.24, 2.45) is 5.92 Å². The first-order chi connectivity index (χ1) is 14.5. The van der Waals surface area contributed by atoms with E-state index >= 15 is 0 Å². The number of likely N-dealkylation sites (tertiary alicyclic amines) is 1. The number of nitrogens with zero attached hydrogens (tertiary/aromatic N) is 2. The molecule has 0 radical (unpaired) electrons. The first kappa shape index (κ1) is 20.5. The van der Waals surface area contributed by atoms with Gasteiger partial charge < -0.3 is 10.6 Å². The van der Waals surface area contributed by atoms with Gasteiger partial charge in [0, 0.05) is 22.5 Å². The number of aryl methyl sites for hydroxylation is 2. The zero-order chi connectivity index (χ0) is 21.1. The van der Waals surface area contributed by atoms with E-state index in [1.54, 1.807) is 0 Å². The molecular formula is C23H26N4O2S. The number of hydrogen-bond donors (Lipinski definition) is 2. The third kappa shape index (κ3) is 4.68. The van der Waals surface area contributed by atoms with Crippen LogP contribution in [0.2, 0.25) is 0 Å². The molecule has 6 nitrogen and oxygen atoms in total. The molecule has 0 aliphatic carbocycles. The highest BCUT2D eigenvalue weighted by Gasteiger charge is 2.27. The Morgan fingerprint density at radius 1 is 1.13 bits per heavy atom. The molecule has 30 heavy (non-hydrogen) atoms. The SMILES string of the molecule is Cc1nc(NC(=O)CN2CCCC(C(=O)Nc3cccc4ccccc34)C2)sc1C. The second kappa shape index (κ2) is 8.93. The Morgan fingerprint density at radius 2 is 1.93 bits per heavy atom. The number of aromatic nitrogens is 1. The standard InChI is InChI=1S/C23H26N4O2S/c1-15-16(2)30-23(24-15)26-21(28)14-27-12-6-9-18(13-27)22(29)25-20-11-5-8-17-7-3-4-10-19(17)20/h3-5,7-8,10-11,18H,6,9,12-14H2,1-2H3,(H,25,29)(H,24,26,28). The first-order valence-electron chi connectivity index (χ1n) is 10.2. The van der Waals surface area contributed by atoms with Crippen molar-refractivity contribution in [3.63, 3.8) is 0 Å². The largest absolute Gasteiger partial charge is 0.325 e. The molecule has 2 heterocycles. The van der Waals surface area contributed by atoms with Crippen molar-refractivity contribution >= 4 is 44.7 Å². The third-order valence-corrected chi connectivity index (χ3v) is 6.55. The summed E-state index contributed by atoms with van der Waals surface area (Å²) < 4.78 is 0. The molecular weight excluding hydrogens is 396 g/mol. The van der Waals surface area contributed by atoms with E-state index in [0.29, 0.717) is 11.7 Å². The van der Waals surface area contributed by atoms with Crippen molar-refractivity contribution in [3.05, 3.63) is 53.0 Å². The summed E-state index contributed by atoms with van der Waals surface area (Å²) in [5.41, 5.74) is 1.78. The van der Waals surface area contributed by atoms with Crippen LogP contribution in [0.5, 0.6) is 0 Å². The van der Waals surface area contributed by atoms with Gasteiger partial charge in [-0.05, 0) is 44.7 Å². The molecule has 156 valence electrons. The van der Waals surface area contributed by atoms with E-state index in [1.165, 1.54) is 11.3 Å². The third-order valence-electron chi connectivity index (χ3n) is 5.57. The highest BCUT2D eigenvalue weighted by atomic mass is 32.1. The summed E-state index contributed by atoms with van der Waals surface area (Å²) in [5.74, 6) is -0.198. The minimum Gasteiger partial charge on any atom is -0.325 e. The fourth-order valence-corrected chi connectivity index (χ4v) is 4.70. The molecule has 0 spiro atoms. The molecule has 1 unspecified atom stereocenters.